The summed E-state index contributed by atoms with van der Waals surface area (Å²) in [4.78, 5) is 12.6. The lowest BCUT2D eigenvalue weighted by Crippen LogP contribution is -2.04. The molecule has 2 aromatic heterocycles. The fourth-order valence-electron chi connectivity index (χ4n) is 2.40. The monoisotopic (exact) mass is 298 g/mol. The summed E-state index contributed by atoms with van der Waals surface area (Å²) in [5.41, 5.74) is 12.4. The number of pyridine rings is 1. The number of aryl methyl sites for hydroxylation is 3. The van der Waals surface area contributed by atoms with Gasteiger partial charge in [-0.1, -0.05) is 6.07 Å². The average Bonchev–Trinajstić information content (AvgIpc) is 2.79. The van der Waals surface area contributed by atoms with Crippen molar-refractivity contribution in [3.63, 3.8) is 0 Å². The second-order valence-corrected chi connectivity index (χ2v) is 6.21. The molecule has 2 heterocycles. The van der Waals surface area contributed by atoms with Gasteiger partial charge in [0.1, 0.15) is 5.03 Å². The first-order chi connectivity index (χ1) is 10.1. The van der Waals surface area contributed by atoms with Crippen molar-refractivity contribution in [1.29, 1.82) is 0 Å². The molecule has 3 N–H and O–H groups in total. The number of nitrogens with one attached hydrogen (secondary N) is 1. The number of nitrogens with zero attached hydrogens (tertiary/aromatic N) is 2. The van der Waals surface area contributed by atoms with E-state index in [0.717, 1.165) is 32.5 Å². The summed E-state index contributed by atoms with van der Waals surface area (Å²) in [6, 6.07) is 8.27. The summed E-state index contributed by atoms with van der Waals surface area (Å²) in [6.45, 7) is 6.63. The van der Waals surface area contributed by atoms with E-state index >= 15 is 0 Å². The number of aromatic amines is 1. The maximum Gasteiger partial charge on any atom is 0.172 e. The molecule has 0 aliphatic rings. The Morgan fingerprint density at radius 1 is 1.14 bits per heavy atom. The summed E-state index contributed by atoms with van der Waals surface area (Å²) in [7, 11) is 0. The van der Waals surface area contributed by atoms with Crippen LogP contribution in [0.5, 0.6) is 0 Å². The zero-order valence-corrected chi connectivity index (χ0v) is 13.2. The highest BCUT2D eigenvalue weighted by Crippen LogP contribution is 2.30. The van der Waals surface area contributed by atoms with Crippen LogP contribution in [-0.4, -0.2) is 15.0 Å². The van der Waals surface area contributed by atoms with Crippen LogP contribution in [0.25, 0.3) is 11.0 Å². The minimum absolute atomic E-state index is 0.487. The maximum absolute atomic E-state index is 5.87. The Balaban J connectivity index is 2.02. The molecule has 0 amide bonds. The standard InChI is InChI=1S/C16H18N4S/c1-9-4-5-13-14(6-9)20-16(19-13)21-15-12(8-17)10(2)7-11(3)18-15/h4-7H,8,17H2,1-3H3,(H,19,20). The van der Waals surface area contributed by atoms with Gasteiger partial charge in [0, 0.05) is 17.8 Å². The van der Waals surface area contributed by atoms with Crippen LogP contribution in [0.2, 0.25) is 0 Å². The van der Waals surface area contributed by atoms with Crippen LogP contribution < -0.4 is 5.73 Å². The molecular formula is C16H18N4S. The van der Waals surface area contributed by atoms with Crippen LogP contribution >= 0.6 is 11.8 Å². The minimum atomic E-state index is 0.487. The normalized spacial score (nSPS) is 11.2. The summed E-state index contributed by atoms with van der Waals surface area (Å²) < 4.78 is 0. The van der Waals surface area contributed by atoms with Gasteiger partial charge < -0.3 is 10.7 Å². The molecule has 0 aliphatic heterocycles. The second kappa shape index (κ2) is 5.50. The largest absolute Gasteiger partial charge is 0.333 e. The van der Waals surface area contributed by atoms with E-state index in [1.54, 1.807) is 11.8 Å². The first-order valence-electron chi connectivity index (χ1n) is 6.88. The number of aromatic nitrogens is 3. The van der Waals surface area contributed by atoms with Crippen LogP contribution in [0.1, 0.15) is 22.4 Å². The van der Waals surface area contributed by atoms with E-state index in [1.165, 1.54) is 11.1 Å². The smallest absolute Gasteiger partial charge is 0.172 e. The van der Waals surface area contributed by atoms with Gasteiger partial charge in [0.05, 0.1) is 11.0 Å². The van der Waals surface area contributed by atoms with Gasteiger partial charge in [-0.25, -0.2) is 9.97 Å². The van der Waals surface area contributed by atoms with E-state index in [1.807, 2.05) is 13.0 Å². The van der Waals surface area contributed by atoms with E-state index in [0.29, 0.717) is 6.54 Å². The van der Waals surface area contributed by atoms with Gasteiger partial charge in [-0.3, -0.25) is 0 Å². The van der Waals surface area contributed by atoms with Gasteiger partial charge in [-0.2, -0.15) is 0 Å². The third-order valence-electron chi connectivity index (χ3n) is 3.45. The first kappa shape index (κ1) is 14.1. The molecule has 5 heteroatoms. The molecule has 1 aromatic carbocycles. The fourth-order valence-corrected chi connectivity index (χ4v) is 3.45. The molecule has 0 unspecified atom stereocenters. The Kier molecular flexibility index (Phi) is 3.69. The van der Waals surface area contributed by atoms with Crippen molar-refractivity contribution in [2.45, 2.75) is 37.5 Å². The van der Waals surface area contributed by atoms with Crippen molar-refractivity contribution in [2.75, 3.05) is 0 Å². The highest BCUT2D eigenvalue weighted by Gasteiger charge is 2.12. The third-order valence-corrected chi connectivity index (χ3v) is 4.37. The topological polar surface area (TPSA) is 67.6 Å². The molecule has 108 valence electrons. The van der Waals surface area contributed by atoms with E-state index in [4.69, 9.17) is 5.73 Å². The number of hydrogen-bond donors (Lipinski definition) is 2. The Bertz CT molecular complexity index is 807. The van der Waals surface area contributed by atoms with Crippen molar-refractivity contribution in [1.82, 2.24) is 15.0 Å². The van der Waals surface area contributed by atoms with Gasteiger partial charge >= 0.3 is 0 Å². The predicted octanol–water partition coefficient (Wildman–Crippen LogP) is 3.49. The summed E-state index contributed by atoms with van der Waals surface area (Å²) in [6.07, 6.45) is 0. The SMILES string of the molecule is Cc1ccc2nc(Sc3nc(C)cc(C)c3CN)[nH]c2c1. The fraction of sp³-hybridized carbons (Fsp3) is 0.250. The molecule has 0 radical (unpaired) electrons. The number of hydrogen-bond acceptors (Lipinski definition) is 4. The van der Waals surface area contributed by atoms with Crippen molar-refractivity contribution in [2.24, 2.45) is 5.73 Å². The van der Waals surface area contributed by atoms with Gasteiger partial charge in [0.2, 0.25) is 0 Å². The summed E-state index contributed by atoms with van der Waals surface area (Å²) >= 11 is 1.54. The van der Waals surface area contributed by atoms with Crippen molar-refractivity contribution in [3.8, 4) is 0 Å². The zero-order chi connectivity index (χ0) is 15.0. The number of fused-ring (bicyclic) bond motifs is 1. The maximum atomic E-state index is 5.87. The van der Waals surface area contributed by atoms with Gasteiger partial charge in [0.25, 0.3) is 0 Å². The van der Waals surface area contributed by atoms with E-state index in [2.05, 4.69) is 47.0 Å². The Morgan fingerprint density at radius 3 is 2.71 bits per heavy atom. The third kappa shape index (κ3) is 2.80. The lowest BCUT2D eigenvalue weighted by molar-refractivity contribution is 0.917. The molecule has 0 fully saturated rings. The minimum Gasteiger partial charge on any atom is -0.333 e. The first-order valence-corrected chi connectivity index (χ1v) is 7.70. The average molecular weight is 298 g/mol. The lowest BCUT2D eigenvalue weighted by atomic mass is 10.1. The molecule has 0 saturated carbocycles. The van der Waals surface area contributed by atoms with Crippen LogP contribution in [0, 0.1) is 20.8 Å². The van der Waals surface area contributed by atoms with Crippen LogP contribution in [0.15, 0.2) is 34.4 Å². The molecule has 0 atom stereocenters. The quantitative estimate of drug-likeness (QED) is 0.776. The Morgan fingerprint density at radius 2 is 1.95 bits per heavy atom. The van der Waals surface area contributed by atoms with Crippen LogP contribution in [-0.2, 0) is 6.54 Å². The molecule has 0 aliphatic carbocycles. The summed E-state index contributed by atoms with van der Waals surface area (Å²) in [5.74, 6) is 0. The number of benzene rings is 1. The molecule has 0 bridgehead atoms. The van der Waals surface area contributed by atoms with E-state index < -0.39 is 0 Å². The number of rotatable bonds is 3. The summed E-state index contributed by atoms with van der Waals surface area (Å²) in [5, 5.41) is 1.79. The number of imidazole rings is 1. The van der Waals surface area contributed by atoms with Gasteiger partial charge in [0.15, 0.2) is 5.16 Å². The molecular weight excluding hydrogens is 280 g/mol. The Hall–Kier alpha value is -1.85. The zero-order valence-electron chi connectivity index (χ0n) is 12.4. The second-order valence-electron chi connectivity index (χ2n) is 5.23. The number of nitrogens with two attached hydrogens (primary N) is 1. The van der Waals surface area contributed by atoms with Gasteiger partial charge in [-0.15, -0.1) is 0 Å². The molecule has 21 heavy (non-hydrogen) atoms. The van der Waals surface area contributed by atoms with Crippen molar-refractivity contribution >= 4 is 22.8 Å². The molecule has 4 nitrogen and oxygen atoms in total. The van der Waals surface area contributed by atoms with Crippen molar-refractivity contribution in [3.05, 3.63) is 46.6 Å². The van der Waals surface area contributed by atoms with Crippen LogP contribution in [0.3, 0.4) is 0 Å². The lowest BCUT2D eigenvalue weighted by Gasteiger charge is -2.09. The number of H-pyrrole nitrogens is 1. The molecule has 3 rings (SSSR count). The van der Waals surface area contributed by atoms with E-state index in [9.17, 15) is 0 Å². The highest BCUT2D eigenvalue weighted by molar-refractivity contribution is 7.99. The Labute approximate surface area is 128 Å². The van der Waals surface area contributed by atoms with E-state index in [-0.39, 0.29) is 0 Å². The predicted molar refractivity (Wildman–Crippen MR) is 86.6 cm³/mol. The molecule has 0 spiro atoms. The highest BCUT2D eigenvalue weighted by atomic mass is 32.2. The van der Waals surface area contributed by atoms with Crippen molar-refractivity contribution < 1.29 is 0 Å². The molecule has 0 saturated heterocycles. The van der Waals surface area contributed by atoms with Crippen LogP contribution in [0.4, 0.5) is 0 Å². The van der Waals surface area contributed by atoms with Gasteiger partial charge in [-0.05, 0) is 61.9 Å². The molecule has 3 aromatic rings.